The molecule has 0 amide bonds. The van der Waals surface area contributed by atoms with E-state index in [9.17, 15) is 9.90 Å². The highest BCUT2D eigenvalue weighted by molar-refractivity contribution is 5.92. The van der Waals surface area contributed by atoms with Gasteiger partial charge in [-0.1, -0.05) is 48.5 Å². The van der Waals surface area contributed by atoms with E-state index in [4.69, 9.17) is 9.47 Å². The summed E-state index contributed by atoms with van der Waals surface area (Å²) in [5, 5.41) is 9.40. The molecule has 3 aromatic carbocycles. The van der Waals surface area contributed by atoms with Crippen molar-refractivity contribution in [1.82, 2.24) is 14.5 Å². The Hall–Kier alpha value is -4.56. The minimum atomic E-state index is -1.02. The van der Waals surface area contributed by atoms with Crippen LogP contribution in [0.25, 0.3) is 22.3 Å². The van der Waals surface area contributed by atoms with E-state index < -0.39 is 5.97 Å². The molecule has 0 radical (unpaired) electrons. The number of carboxylic acids is 1. The van der Waals surface area contributed by atoms with Gasteiger partial charge in [0.2, 0.25) is 5.88 Å². The Balaban J connectivity index is 1.40. The number of rotatable bonds is 10. The fraction of sp³-hybridized carbons (Fsp3) is 0.194. The quantitative estimate of drug-likeness (QED) is 0.230. The number of hydrogen-bond acceptors (Lipinski definition) is 5. The maximum atomic E-state index is 15.4. The first-order chi connectivity index (χ1) is 18.9. The zero-order chi connectivity index (χ0) is 27.4. The van der Waals surface area contributed by atoms with Gasteiger partial charge in [-0.05, 0) is 48.4 Å². The van der Waals surface area contributed by atoms with Crippen LogP contribution >= 0.6 is 0 Å². The maximum absolute atomic E-state index is 15.4. The van der Waals surface area contributed by atoms with Crippen molar-refractivity contribution in [2.45, 2.75) is 26.0 Å². The highest BCUT2D eigenvalue weighted by atomic mass is 19.1. The second-order valence-electron chi connectivity index (χ2n) is 9.20. The van der Waals surface area contributed by atoms with Gasteiger partial charge in [-0.2, -0.15) is 0 Å². The SMILES string of the molecule is COCCn1c(Cc2ccc(-c3cccc(O[C@@H](C)c4ccccc4)n3)cc2F)nc2ccc(C(=O)O)cc21. The molecule has 0 saturated carbocycles. The van der Waals surface area contributed by atoms with Crippen LogP contribution in [0.1, 0.15) is 40.3 Å². The molecule has 7 nitrogen and oxygen atoms in total. The van der Waals surface area contributed by atoms with Crippen molar-refractivity contribution >= 4 is 17.0 Å². The summed E-state index contributed by atoms with van der Waals surface area (Å²) >= 11 is 0. The number of benzene rings is 3. The molecular weight excluding hydrogens is 497 g/mol. The predicted molar refractivity (Wildman–Crippen MR) is 146 cm³/mol. The summed E-state index contributed by atoms with van der Waals surface area (Å²) in [6, 6.07) is 25.1. The number of halogens is 1. The number of pyridine rings is 1. The number of fused-ring (bicyclic) bond motifs is 1. The lowest BCUT2D eigenvalue weighted by atomic mass is 10.1. The molecule has 5 rings (SSSR count). The lowest BCUT2D eigenvalue weighted by Crippen LogP contribution is -2.10. The Labute approximate surface area is 225 Å². The number of nitrogens with zero attached hydrogens (tertiary/aromatic N) is 3. The predicted octanol–water partition coefficient (Wildman–Crippen LogP) is 6.31. The molecule has 0 aliphatic heterocycles. The second-order valence-corrected chi connectivity index (χ2v) is 9.20. The average Bonchev–Trinajstić information content (AvgIpc) is 3.29. The Morgan fingerprint density at radius 1 is 1.00 bits per heavy atom. The van der Waals surface area contributed by atoms with Gasteiger partial charge in [0, 0.05) is 31.7 Å². The van der Waals surface area contributed by atoms with E-state index in [2.05, 4.69) is 9.97 Å². The fourth-order valence-electron chi connectivity index (χ4n) is 4.51. The highest BCUT2D eigenvalue weighted by Crippen LogP contribution is 2.27. The first-order valence-corrected chi connectivity index (χ1v) is 12.6. The van der Waals surface area contributed by atoms with Crippen molar-refractivity contribution < 1.29 is 23.8 Å². The van der Waals surface area contributed by atoms with Crippen LogP contribution in [0.15, 0.2) is 84.9 Å². The van der Waals surface area contributed by atoms with Crippen LogP contribution in [-0.4, -0.2) is 39.3 Å². The first-order valence-electron chi connectivity index (χ1n) is 12.6. The summed E-state index contributed by atoms with van der Waals surface area (Å²) in [5.74, 6) is -0.312. The van der Waals surface area contributed by atoms with Crippen LogP contribution < -0.4 is 4.74 Å². The van der Waals surface area contributed by atoms with Crippen LogP contribution in [0, 0.1) is 5.82 Å². The third kappa shape index (κ3) is 5.81. The lowest BCUT2D eigenvalue weighted by Gasteiger charge is -2.15. The van der Waals surface area contributed by atoms with Gasteiger partial charge in [-0.3, -0.25) is 0 Å². The zero-order valence-electron chi connectivity index (χ0n) is 21.7. The van der Waals surface area contributed by atoms with Gasteiger partial charge in [0.15, 0.2) is 0 Å². The van der Waals surface area contributed by atoms with Crippen LogP contribution in [0.4, 0.5) is 4.39 Å². The van der Waals surface area contributed by atoms with Gasteiger partial charge in [0.25, 0.3) is 0 Å². The number of carbonyl (C=O) groups is 1. The van der Waals surface area contributed by atoms with Crippen molar-refractivity contribution in [1.29, 1.82) is 0 Å². The van der Waals surface area contributed by atoms with Crippen LogP contribution in [-0.2, 0) is 17.7 Å². The molecular formula is C31H28FN3O4. The molecule has 5 aromatic rings. The van der Waals surface area contributed by atoms with Crippen molar-refractivity contribution in [3.8, 4) is 17.1 Å². The Morgan fingerprint density at radius 3 is 2.56 bits per heavy atom. The molecule has 2 heterocycles. The van der Waals surface area contributed by atoms with Gasteiger partial charge in [0.05, 0.1) is 28.9 Å². The fourth-order valence-corrected chi connectivity index (χ4v) is 4.51. The highest BCUT2D eigenvalue weighted by Gasteiger charge is 2.16. The number of imidazole rings is 1. The number of hydrogen-bond donors (Lipinski definition) is 1. The number of aromatic nitrogens is 3. The van der Waals surface area contributed by atoms with E-state index in [0.717, 1.165) is 5.56 Å². The topological polar surface area (TPSA) is 86.5 Å². The standard InChI is InChI=1S/C31H28FN3O4/c1-20(21-7-4-3-5-8-21)39-30-10-6-9-26(34-30)23-12-11-22(25(32)17-23)19-29-33-27-14-13-24(31(36)37)18-28(27)35(29)15-16-38-2/h3-14,17-18,20H,15-16,19H2,1-2H3,(H,36,37)/t20-/m0/s1. The molecule has 0 bridgehead atoms. The molecule has 0 saturated heterocycles. The van der Waals surface area contributed by atoms with Crippen molar-refractivity contribution in [3.63, 3.8) is 0 Å². The lowest BCUT2D eigenvalue weighted by molar-refractivity contribution is 0.0697. The third-order valence-electron chi connectivity index (χ3n) is 6.58. The Bertz CT molecular complexity index is 1620. The number of ether oxygens (including phenoxy) is 2. The van der Waals surface area contributed by atoms with Gasteiger partial charge in [0.1, 0.15) is 17.7 Å². The second kappa shape index (κ2) is 11.4. The molecule has 1 N–H and O–H groups in total. The number of methoxy groups -OCH3 is 1. The largest absolute Gasteiger partial charge is 0.478 e. The minimum absolute atomic E-state index is 0.167. The van der Waals surface area contributed by atoms with E-state index in [-0.39, 0.29) is 23.9 Å². The summed E-state index contributed by atoms with van der Waals surface area (Å²) in [6.45, 7) is 2.83. The van der Waals surface area contributed by atoms with E-state index >= 15 is 4.39 Å². The van der Waals surface area contributed by atoms with Crippen LogP contribution in [0.2, 0.25) is 0 Å². The molecule has 39 heavy (non-hydrogen) atoms. The first kappa shape index (κ1) is 26.1. The van der Waals surface area contributed by atoms with E-state index in [1.165, 1.54) is 12.1 Å². The van der Waals surface area contributed by atoms with Crippen LogP contribution in [0.3, 0.4) is 0 Å². The Kier molecular flexibility index (Phi) is 7.65. The minimum Gasteiger partial charge on any atom is -0.478 e. The molecule has 0 spiro atoms. The van der Waals surface area contributed by atoms with Gasteiger partial charge < -0.3 is 19.1 Å². The van der Waals surface area contributed by atoms with E-state index in [1.807, 2.05) is 60.0 Å². The molecule has 8 heteroatoms. The summed E-state index contributed by atoms with van der Waals surface area (Å²) in [4.78, 5) is 20.7. The normalized spacial score (nSPS) is 12.0. The molecule has 0 aliphatic carbocycles. The monoisotopic (exact) mass is 525 g/mol. The number of aromatic carboxylic acids is 1. The summed E-state index contributed by atoms with van der Waals surface area (Å²) in [7, 11) is 1.59. The Morgan fingerprint density at radius 2 is 1.82 bits per heavy atom. The van der Waals surface area contributed by atoms with Gasteiger partial charge >= 0.3 is 5.97 Å². The molecule has 0 aliphatic rings. The van der Waals surface area contributed by atoms with Crippen molar-refractivity contribution in [2.24, 2.45) is 0 Å². The summed E-state index contributed by atoms with van der Waals surface area (Å²) in [5.41, 5.74) is 4.23. The van der Waals surface area contributed by atoms with Crippen LogP contribution in [0.5, 0.6) is 5.88 Å². The van der Waals surface area contributed by atoms with Crippen molar-refractivity contribution in [2.75, 3.05) is 13.7 Å². The molecule has 0 unspecified atom stereocenters. The molecule has 2 aromatic heterocycles. The maximum Gasteiger partial charge on any atom is 0.335 e. The number of carboxylic acid groups (broad SMARTS) is 1. The van der Waals surface area contributed by atoms with E-state index in [1.54, 1.807) is 31.4 Å². The summed E-state index contributed by atoms with van der Waals surface area (Å²) in [6.07, 6.45) is 0.0509. The summed E-state index contributed by atoms with van der Waals surface area (Å²) < 4.78 is 28.5. The third-order valence-corrected chi connectivity index (χ3v) is 6.58. The molecule has 198 valence electrons. The molecule has 1 atom stereocenters. The van der Waals surface area contributed by atoms with Gasteiger partial charge in [-0.25, -0.2) is 19.2 Å². The zero-order valence-corrected chi connectivity index (χ0v) is 21.7. The average molecular weight is 526 g/mol. The smallest absolute Gasteiger partial charge is 0.335 e. The van der Waals surface area contributed by atoms with Gasteiger partial charge in [-0.15, -0.1) is 0 Å². The van der Waals surface area contributed by atoms with Crippen molar-refractivity contribution in [3.05, 3.63) is 113 Å². The molecule has 0 fully saturated rings. The van der Waals surface area contributed by atoms with E-state index in [0.29, 0.717) is 52.7 Å².